The van der Waals surface area contributed by atoms with Crippen LogP contribution in [0.1, 0.15) is 42.5 Å². The van der Waals surface area contributed by atoms with Crippen molar-refractivity contribution in [2.45, 2.75) is 38.1 Å². The van der Waals surface area contributed by atoms with Crippen LogP contribution in [0.3, 0.4) is 0 Å². The molecule has 1 aromatic heterocycles. The highest BCUT2D eigenvalue weighted by Gasteiger charge is 2.37. The molecule has 2 fully saturated rings. The summed E-state index contributed by atoms with van der Waals surface area (Å²) in [5.74, 6) is -0.0961. The second kappa shape index (κ2) is 5.31. The number of aromatic carboxylic acids is 1. The molecule has 1 aromatic rings. The van der Waals surface area contributed by atoms with E-state index in [1.165, 1.54) is 25.3 Å². The fourth-order valence-electron chi connectivity index (χ4n) is 3.60. The summed E-state index contributed by atoms with van der Waals surface area (Å²) in [7, 11) is 0. The van der Waals surface area contributed by atoms with Crippen molar-refractivity contribution in [3.8, 4) is 0 Å². The Hall–Kier alpha value is -2.18. The van der Waals surface area contributed by atoms with E-state index < -0.39 is 16.6 Å². The summed E-state index contributed by atoms with van der Waals surface area (Å²) in [5.41, 5.74) is -0.741. The maximum absolute atomic E-state index is 11.2. The molecule has 3 rings (SSSR count). The summed E-state index contributed by atoms with van der Waals surface area (Å²) in [4.78, 5) is 27.7. The number of rotatable bonds is 3. The summed E-state index contributed by atoms with van der Waals surface area (Å²) in [5, 5.41) is 20.0. The van der Waals surface area contributed by atoms with Gasteiger partial charge in [-0.3, -0.25) is 10.1 Å². The van der Waals surface area contributed by atoms with Crippen molar-refractivity contribution in [2.24, 2.45) is 5.92 Å². The van der Waals surface area contributed by atoms with Crippen molar-refractivity contribution in [1.29, 1.82) is 0 Å². The Morgan fingerprint density at radius 3 is 2.86 bits per heavy atom. The fourth-order valence-corrected chi connectivity index (χ4v) is 3.60. The predicted molar refractivity (Wildman–Crippen MR) is 75.6 cm³/mol. The fraction of sp³-hybridized carbons (Fsp3) is 0.571. The lowest BCUT2D eigenvalue weighted by Gasteiger charge is -2.32. The summed E-state index contributed by atoms with van der Waals surface area (Å²) in [6.45, 7) is 0.846. The highest BCUT2D eigenvalue weighted by molar-refractivity contribution is 5.93. The normalized spacial score (nSPS) is 24.7. The Kier molecular flexibility index (Phi) is 3.48. The van der Waals surface area contributed by atoms with Crippen LogP contribution in [0.15, 0.2) is 12.3 Å². The lowest BCUT2D eigenvalue weighted by Crippen LogP contribution is -2.35. The SMILES string of the molecule is O=C(O)c1cc(N2CCC3CCCCC32)ncc1[N+](=O)[O-]. The van der Waals surface area contributed by atoms with E-state index >= 15 is 0 Å². The number of carbonyl (C=O) groups is 1. The van der Waals surface area contributed by atoms with E-state index in [-0.39, 0.29) is 5.56 Å². The molecule has 0 amide bonds. The Balaban J connectivity index is 1.94. The Morgan fingerprint density at radius 2 is 2.14 bits per heavy atom. The molecule has 1 aliphatic carbocycles. The van der Waals surface area contributed by atoms with Gasteiger partial charge in [-0.25, -0.2) is 9.78 Å². The molecule has 1 saturated heterocycles. The molecule has 0 aromatic carbocycles. The molecule has 1 N–H and O–H groups in total. The average molecular weight is 291 g/mol. The maximum atomic E-state index is 11.2. The molecule has 0 spiro atoms. The van der Waals surface area contributed by atoms with Crippen LogP contribution in [0.2, 0.25) is 0 Å². The number of nitrogens with zero attached hydrogens (tertiary/aromatic N) is 3. The number of fused-ring (bicyclic) bond motifs is 1. The Bertz CT molecular complexity index is 590. The molecule has 0 radical (unpaired) electrons. The number of anilines is 1. The highest BCUT2D eigenvalue weighted by Crippen LogP contribution is 2.38. The molecule has 2 unspecified atom stereocenters. The van der Waals surface area contributed by atoms with Crippen molar-refractivity contribution in [2.75, 3.05) is 11.4 Å². The van der Waals surface area contributed by atoms with Crippen LogP contribution in [0.5, 0.6) is 0 Å². The Morgan fingerprint density at radius 1 is 1.38 bits per heavy atom. The van der Waals surface area contributed by atoms with Gasteiger partial charge in [-0.15, -0.1) is 0 Å². The van der Waals surface area contributed by atoms with E-state index in [2.05, 4.69) is 9.88 Å². The molecule has 7 heteroatoms. The van der Waals surface area contributed by atoms with Crippen LogP contribution < -0.4 is 4.90 Å². The Labute approximate surface area is 121 Å². The van der Waals surface area contributed by atoms with Gasteiger partial charge in [-0.2, -0.15) is 0 Å². The van der Waals surface area contributed by atoms with E-state index in [0.29, 0.717) is 17.8 Å². The van der Waals surface area contributed by atoms with Crippen molar-refractivity contribution < 1.29 is 14.8 Å². The van der Waals surface area contributed by atoms with Crippen molar-refractivity contribution in [3.05, 3.63) is 27.9 Å². The lowest BCUT2D eigenvalue weighted by molar-refractivity contribution is -0.385. The molecule has 2 heterocycles. The van der Waals surface area contributed by atoms with Gasteiger partial charge in [0.1, 0.15) is 17.6 Å². The van der Waals surface area contributed by atoms with Gasteiger partial charge >= 0.3 is 11.7 Å². The topological polar surface area (TPSA) is 96.6 Å². The van der Waals surface area contributed by atoms with E-state index in [0.717, 1.165) is 25.6 Å². The monoisotopic (exact) mass is 291 g/mol. The first-order valence-electron chi connectivity index (χ1n) is 7.22. The first-order chi connectivity index (χ1) is 10.1. The standard InChI is InChI=1S/C14H17N3O4/c18-14(19)10-7-13(15-8-12(10)17(20)21)16-6-5-9-3-1-2-4-11(9)16/h7-9,11H,1-6H2,(H,18,19). The second-order valence-corrected chi connectivity index (χ2v) is 5.72. The highest BCUT2D eigenvalue weighted by atomic mass is 16.6. The van der Waals surface area contributed by atoms with Crippen LogP contribution in [0.25, 0.3) is 0 Å². The molecule has 1 aliphatic heterocycles. The van der Waals surface area contributed by atoms with Gasteiger partial charge in [-0.05, 0) is 25.2 Å². The van der Waals surface area contributed by atoms with Crippen LogP contribution in [0, 0.1) is 16.0 Å². The largest absolute Gasteiger partial charge is 0.477 e. The zero-order chi connectivity index (χ0) is 15.0. The van der Waals surface area contributed by atoms with E-state index in [9.17, 15) is 14.9 Å². The third-order valence-corrected chi connectivity index (χ3v) is 4.60. The number of pyridine rings is 1. The molecule has 2 aliphatic rings. The van der Waals surface area contributed by atoms with Gasteiger partial charge in [0.15, 0.2) is 0 Å². The molecule has 0 bridgehead atoms. The number of nitro groups is 1. The van der Waals surface area contributed by atoms with Crippen molar-refractivity contribution in [1.82, 2.24) is 4.98 Å². The van der Waals surface area contributed by atoms with Crippen LogP contribution >= 0.6 is 0 Å². The molecular formula is C14H17N3O4. The summed E-state index contributed by atoms with van der Waals surface area (Å²) in [6, 6.07) is 1.74. The smallest absolute Gasteiger partial charge is 0.342 e. The summed E-state index contributed by atoms with van der Waals surface area (Å²) < 4.78 is 0. The number of aromatic nitrogens is 1. The minimum Gasteiger partial charge on any atom is -0.477 e. The number of hydrogen-bond acceptors (Lipinski definition) is 5. The second-order valence-electron chi connectivity index (χ2n) is 5.72. The van der Waals surface area contributed by atoms with Gasteiger partial charge in [0.2, 0.25) is 0 Å². The van der Waals surface area contributed by atoms with E-state index in [1.54, 1.807) is 0 Å². The number of hydrogen-bond donors (Lipinski definition) is 1. The molecule has 21 heavy (non-hydrogen) atoms. The van der Waals surface area contributed by atoms with Crippen molar-refractivity contribution in [3.63, 3.8) is 0 Å². The lowest BCUT2D eigenvalue weighted by atomic mass is 9.85. The van der Waals surface area contributed by atoms with Gasteiger partial charge in [0, 0.05) is 18.7 Å². The minimum atomic E-state index is -1.29. The third kappa shape index (κ3) is 2.43. The van der Waals surface area contributed by atoms with Crippen LogP contribution in [-0.2, 0) is 0 Å². The molecule has 7 nitrogen and oxygen atoms in total. The maximum Gasteiger partial charge on any atom is 0.342 e. The van der Waals surface area contributed by atoms with Gasteiger partial charge in [0.25, 0.3) is 0 Å². The van der Waals surface area contributed by atoms with Gasteiger partial charge in [-0.1, -0.05) is 12.8 Å². The molecule has 1 saturated carbocycles. The summed E-state index contributed by atoms with van der Waals surface area (Å²) in [6.07, 6.45) is 6.88. The van der Waals surface area contributed by atoms with Crippen LogP contribution in [0.4, 0.5) is 11.5 Å². The van der Waals surface area contributed by atoms with Crippen molar-refractivity contribution >= 4 is 17.5 Å². The average Bonchev–Trinajstić information content (AvgIpc) is 2.90. The zero-order valence-corrected chi connectivity index (χ0v) is 11.6. The first-order valence-corrected chi connectivity index (χ1v) is 7.22. The molecular weight excluding hydrogens is 274 g/mol. The third-order valence-electron chi connectivity index (χ3n) is 4.60. The number of carboxylic acids is 1. The number of carboxylic acid groups (broad SMARTS) is 1. The van der Waals surface area contributed by atoms with Gasteiger partial charge in [0.05, 0.1) is 4.92 Å². The minimum absolute atomic E-state index is 0.288. The van der Waals surface area contributed by atoms with E-state index in [4.69, 9.17) is 5.11 Å². The summed E-state index contributed by atoms with van der Waals surface area (Å²) >= 11 is 0. The van der Waals surface area contributed by atoms with Crippen LogP contribution in [-0.4, -0.2) is 33.6 Å². The first kappa shape index (κ1) is 13.8. The quantitative estimate of drug-likeness (QED) is 0.678. The molecule has 112 valence electrons. The van der Waals surface area contributed by atoms with Gasteiger partial charge < -0.3 is 10.0 Å². The van der Waals surface area contributed by atoms with E-state index in [1.807, 2.05) is 0 Å². The predicted octanol–water partition coefficient (Wildman–Crippen LogP) is 2.46. The molecule has 2 atom stereocenters. The zero-order valence-electron chi connectivity index (χ0n) is 11.6.